The van der Waals surface area contributed by atoms with Crippen molar-refractivity contribution in [1.82, 2.24) is 14.5 Å². The Hall–Kier alpha value is -7.12. The van der Waals surface area contributed by atoms with Crippen LogP contribution in [0.25, 0.3) is 134 Å². The van der Waals surface area contributed by atoms with Crippen molar-refractivity contribution >= 4 is 128 Å². The molecule has 0 spiro atoms. The Balaban J connectivity index is 0.963. The van der Waals surface area contributed by atoms with Crippen LogP contribution >= 0.6 is 22.7 Å². The van der Waals surface area contributed by atoms with Gasteiger partial charge in [0.2, 0.25) is 0 Å². The van der Waals surface area contributed by atoms with Gasteiger partial charge in [0.05, 0.1) is 26.9 Å². The standard InChI is InChI=1S/C52H27N3OS2/c1-3-11-40-35(9-1)37-27-32(20-24-41(37)56-40)49-51-50(36-10-2-4-12-42(36)58-51)54-52(53-49)33-16-15-31-26-34(21-17-30(31)25-33)55-38-22-18-28-7-5-13-43-45(28)47(38)48-39(55)23-19-29-8-6-14-44(57-43)46(29)48/h1-27H. The largest absolute Gasteiger partial charge is 0.456 e. The molecule has 0 radical (unpaired) electrons. The van der Waals surface area contributed by atoms with Gasteiger partial charge in [-0.15, -0.1) is 22.7 Å². The molecular formula is C52H27N3OS2. The van der Waals surface area contributed by atoms with Crippen LogP contribution in [0.5, 0.6) is 0 Å². The molecule has 0 bridgehead atoms. The van der Waals surface area contributed by atoms with Crippen molar-refractivity contribution in [3.05, 3.63) is 164 Å². The lowest BCUT2D eigenvalue weighted by molar-refractivity contribution is 0.669. The molecule has 9 aromatic carbocycles. The molecule has 58 heavy (non-hydrogen) atoms. The van der Waals surface area contributed by atoms with Crippen LogP contribution in [-0.4, -0.2) is 14.5 Å². The quantitative estimate of drug-likeness (QED) is 0.180. The van der Waals surface area contributed by atoms with Crippen molar-refractivity contribution < 1.29 is 4.42 Å². The number of furan rings is 1. The summed E-state index contributed by atoms with van der Waals surface area (Å²) in [6.07, 6.45) is 0. The predicted octanol–water partition coefficient (Wildman–Crippen LogP) is 15.3. The van der Waals surface area contributed by atoms with Gasteiger partial charge >= 0.3 is 0 Å². The molecule has 6 heteroatoms. The summed E-state index contributed by atoms with van der Waals surface area (Å²) in [6, 6.07) is 59.3. The van der Waals surface area contributed by atoms with Gasteiger partial charge in [0.25, 0.3) is 0 Å². The van der Waals surface area contributed by atoms with Crippen LogP contribution in [0.3, 0.4) is 0 Å². The van der Waals surface area contributed by atoms with E-state index >= 15 is 0 Å². The zero-order valence-electron chi connectivity index (χ0n) is 30.7. The topological polar surface area (TPSA) is 43.9 Å². The number of fused-ring (bicyclic) bond motifs is 7. The van der Waals surface area contributed by atoms with E-state index in [1.807, 2.05) is 23.5 Å². The molecule has 14 rings (SSSR count). The fourth-order valence-electron chi connectivity index (χ4n) is 9.54. The first kappa shape index (κ1) is 31.0. The van der Waals surface area contributed by atoms with Gasteiger partial charge in [-0.3, -0.25) is 0 Å². The molecule has 5 heterocycles. The summed E-state index contributed by atoms with van der Waals surface area (Å²) in [4.78, 5) is 10.7. The third-order valence-electron chi connectivity index (χ3n) is 12.1. The highest BCUT2D eigenvalue weighted by Gasteiger charge is 2.22. The summed E-state index contributed by atoms with van der Waals surface area (Å²) >= 11 is 3.65. The van der Waals surface area contributed by atoms with Crippen molar-refractivity contribution in [2.45, 2.75) is 0 Å². The van der Waals surface area contributed by atoms with Gasteiger partial charge < -0.3 is 8.98 Å². The van der Waals surface area contributed by atoms with Gasteiger partial charge in [-0.25, -0.2) is 9.97 Å². The highest BCUT2D eigenvalue weighted by molar-refractivity contribution is 7.26. The molecule has 0 fully saturated rings. The lowest BCUT2D eigenvalue weighted by Crippen LogP contribution is -1.95. The zero-order chi connectivity index (χ0) is 37.6. The maximum absolute atomic E-state index is 6.20. The summed E-state index contributed by atoms with van der Waals surface area (Å²) < 4.78 is 13.6. The van der Waals surface area contributed by atoms with Crippen LogP contribution in [0.2, 0.25) is 0 Å². The number of benzene rings is 9. The Labute approximate surface area is 337 Å². The van der Waals surface area contributed by atoms with Gasteiger partial charge in [0.1, 0.15) is 11.2 Å². The van der Waals surface area contributed by atoms with Gasteiger partial charge in [-0.1, -0.05) is 91.0 Å². The Kier molecular flexibility index (Phi) is 6.02. The Morgan fingerprint density at radius 2 is 1.09 bits per heavy atom. The second-order valence-electron chi connectivity index (χ2n) is 15.3. The summed E-state index contributed by atoms with van der Waals surface area (Å²) in [5.41, 5.74) is 9.33. The number of nitrogens with zero attached hydrogens (tertiary/aromatic N) is 3. The number of thiophene rings is 1. The van der Waals surface area contributed by atoms with E-state index in [2.05, 4.69) is 156 Å². The van der Waals surface area contributed by atoms with E-state index in [9.17, 15) is 0 Å². The van der Waals surface area contributed by atoms with Crippen LogP contribution in [0.1, 0.15) is 0 Å². The third-order valence-corrected chi connectivity index (χ3v) is 14.4. The van der Waals surface area contributed by atoms with Crippen molar-refractivity contribution in [2.75, 3.05) is 0 Å². The van der Waals surface area contributed by atoms with E-state index in [1.54, 1.807) is 11.3 Å². The zero-order valence-corrected chi connectivity index (χ0v) is 32.3. The van der Waals surface area contributed by atoms with E-state index in [0.29, 0.717) is 5.82 Å². The first-order valence-electron chi connectivity index (χ1n) is 19.5. The number of aromatic nitrogens is 3. The number of hydrogen-bond donors (Lipinski definition) is 0. The Bertz CT molecular complexity index is 3950. The number of hydrogen-bond acceptors (Lipinski definition) is 5. The smallest absolute Gasteiger partial charge is 0.160 e. The lowest BCUT2D eigenvalue weighted by atomic mass is 10.00. The molecule has 0 aliphatic rings. The highest BCUT2D eigenvalue weighted by atomic mass is 32.1. The predicted molar refractivity (Wildman–Crippen MR) is 246 cm³/mol. The van der Waals surface area contributed by atoms with E-state index in [1.165, 1.54) is 62.8 Å². The number of para-hydroxylation sites is 1. The van der Waals surface area contributed by atoms with E-state index in [0.717, 1.165) is 65.4 Å². The van der Waals surface area contributed by atoms with E-state index in [4.69, 9.17) is 14.4 Å². The molecule has 0 saturated heterocycles. The second kappa shape index (κ2) is 11.3. The molecule has 0 saturated carbocycles. The van der Waals surface area contributed by atoms with Gasteiger partial charge in [-0.2, -0.15) is 0 Å². The fourth-order valence-corrected chi connectivity index (χ4v) is 11.9. The summed E-state index contributed by atoms with van der Waals surface area (Å²) in [5.74, 6) is 0.717. The molecule has 0 amide bonds. The molecule has 0 N–H and O–H groups in total. The van der Waals surface area contributed by atoms with Crippen LogP contribution < -0.4 is 0 Å². The first-order valence-corrected chi connectivity index (χ1v) is 21.1. The molecule has 5 aromatic heterocycles. The van der Waals surface area contributed by atoms with Crippen molar-refractivity contribution in [3.8, 4) is 28.3 Å². The monoisotopic (exact) mass is 773 g/mol. The average molecular weight is 774 g/mol. The number of rotatable bonds is 3. The third kappa shape index (κ3) is 4.17. The molecule has 4 nitrogen and oxygen atoms in total. The molecule has 268 valence electrons. The van der Waals surface area contributed by atoms with Crippen molar-refractivity contribution in [1.29, 1.82) is 0 Å². The van der Waals surface area contributed by atoms with E-state index < -0.39 is 0 Å². The summed E-state index contributed by atoms with van der Waals surface area (Å²) in [7, 11) is 0. The maximum Gasteiger partial charge on any atom is 0.160 e. The van der Waals surface area contributed by atoms with Crippen LogP contribution in [0.15, 0.2) is 168 Å². The minimum atomic E-state index is 0.717. The Morgan fingerprint density at radius 3 is 1.90 bits per heavy atom. The summed E-state index contributed by atoms with van der Waals surface area (Å²) in [5, 5.41) is 13.6. The highest BCUT2D eigenvalue weighted by Crippen LogP contribution is 2.47. The van der Waals surface area contributed by atoms with Crippen molar-refractivity contribution in [3.63, 3.8) is 0 Å². The van der Waals surface area contributed by atoms with Crippen LogP contribution in [0, 0.1) is 0 Å². The Morgan fingerprint density at radius 1 is 0.431 bits per heavy atom. The second-order valence-corrected chi connectivity index (χ2v) is 17.4. The SMILES string of the molecule is c1ccc2c(c1)oc1ccc(-c3nc(-c4ccc5cc(-n6c7ccc8cccc9sc%10cccc%11ccc6c(c%11%10)c7c89)ccc5c4)nc4c3sc3ccccc34)cc12. The first-order chi connectivity index (χ1) is 28.7. The molecular weight excluding hydrogens is 747 g/mol. The van der Waals surface area contributed by atoms with Crippen LogP contribution in [0.4, 0.5) is 0 Å². The molecule has 0 atom stereocenters. The van der Waals surface area contributed by atoms with Crippen LogP contribution in [-0.2, 0) is 0 Å². The molecule has 0 aliphatic carbocycles. The normalized spacial score (nSPS) is 12.5. The summed E-state index contributed by atoms with van der Waals surface area (Å²) in [6.45, 7) is 0. The van der Waals surface area contributed by atoms with Gasteiger partial charge in [-0.05, 0) is 94.3 Å². The lowest BCUT2D eigenvalue weighted by Gasteiger charge is -2.12. The minimum Gasteiger partial charge on any atom is -0.456 e. The van der Waals surface area contributed by atoms with Crippen molar-refractivity contribution in [2.24, 2.45) is 0 Å². The average Bonchev–Trinajstić information content (AvgIpc) is 3.92. The van der Waals surface area contributed by atoms with Gasteiger partial charge in [0, 0.05) is 68.6 Å². The molecule has 0 unspecified atom stereocenters. The molecule has 14 aromatic rings. The minimum absolute atomic E-state index is 0.717. The van der Waals surface area contributed by atoms with E-state index in [-0.39, 0.29) is 0 Å². The molecule has 0 aliphatic heterocycles. The fraction of sp³-hybridized carbons (Fsp3) is 0. The maximum atomic E-state index is 6.20. The van der Waals surface area contributed by atoms with Gasteiger partial charge in [0.15, 0.2) is 5.82 Å².